The molecule has 0 N–H and O–H groups in total. The number of piperidine rings is 1. The first kappa shape index (κ1) is 18.1. The van der Waals surface area contributed by atoms with Crippen LogP contribution in [0.1, 0.15) is 30.5 Å². The molecule has 4 heterocycles. The molecule has 1 saturated heterocycles. The lowest BCUT2D eigenvalue weighted by molar-refractivity contribution is -0.122. The van der Waals surface area contributed by atoms with Gasteiger partial charge < -0.3 is 0 Å². The first-order valence-electron chi connectivity index (χ1n) is 9.00. The van der Waals surface area contributed by atoms with Crippen LogP contribution in [0.15, 0.2) is 30.6 Å². The van der Waals surface area contributed by atoms with E-state index in [1.807, 2.05) is 29.8 Å². The molecule has 0 aromatic carbocycles. The van der Waals surface area contributed by atoms with E-state index in [0.29, 0.717) is 38.9 Å². The van der Waals surface area contributed by atoms with Crippen LogP contribution in [0.4, 0.5) is 5.82 Å². The van der Waals surface area contributed by atoms with Gasteiger partial charge in [-0.05, 0) is 37.5 Å². The number of rotatable bonds is 3. The average molecular weight is 389 g/mol. The van der Waals surface area contributed by atoms with Gasteiger partial charge in [0, 0.05) is 31.5 Å². The van der Waals surface area contributed by atoms with Crippen molar-refractivity contribution >= 4 is 21.7 Å². The lowest BCUT2D eigenvalue weighted by Gasteiger charge is -2.46. The van der Waals surface area contributed by atoms with Crippen LogP contribution in [0, 0.1) is 6.92 Å². The van der Waals surface area contributed by atoms with Crippen molar-refractivity contribution in [1.29, 1.82) is 0 Å². The van der Waals surface area contributed by atoms with Crippen molar-refractivity contribution in [2.45, 2.75) is 38.3 Å². The molecule has 2 aliphatic heterocycles. The molecule has 0 unspecified atom stereocenters. The number of sulfonamides is 1. The van der Waals surface area contributed by atoms with Gasteiger partial charge in [-0.1, -0.05) is 0 Å². The molecule has 1 fully saturated rings. The summed E-state index contributed by atoms with van der Waals surface area (Å²) in [5.74, 6) is 0.834. The number of carbonyl (C=O) groups is 1. The lowest BCUT2D eigenvalue weighted by Crippen LogP contribution is -2.54. The first-order valence-corrected chi connectivity index (χ1v) is 10.8. The highest BCUT2D eigenvalue weighted by atomic mass is 32.2. The van der Waals surface area contributed by atoms with Crippen molar-refractivity contribution in [3.8, 4) is 0 Å². The number of hydrogen-bond acceptors (Lipinski definition) is 5. The summed E-state index contributed by atoms with van der Waals surface area (Å²) in [5.41, 5.74) is 1.41. The zero-order valence-corrected chi connectivity index (χ0v) is 16.3. The Labute approximate surface area is 158 Å². The molecule has 2 aromatic heterocycles. The summed E-state index contributed by atoms with van der Waals surface area (Å²) >= 11 is 0. The highest BCUT2D eigenvalue weighted by Gasteiger charge is 2.47. The van der Waals surface area contributed by atoms with E-state index in [4.69, 9.17) is 0 Å². The molecule has 2 aliphatic rings. The smallest absolute Gasteiger partial charge is 0.230 e. The Kier molecular flexibility index (Phi) is 4.31. The second kappa shape index (κ2) is 6.42. The minimum atomic E-state index is -3.22. The highest BCUT2D eigenvalue weighted by molar-refractivity contribution is 7.88. The van der Waals surface area contributed by atoms with E-state index >= 15 is 0 Å². The molecule has 0 radical (unpaired) electrons. The Morgan fingerprint density at radius 3 is 2.48 bits per heavy atom. The Balaban J connectivity index is 1.67. The third-order valence-electron chi connectivity index (χ3n) is 5.53. The molecule has 0 atom stereocenters. The topological polar surface area (TPSA) is 88.4 Å². The van der Waals surface area contributed by atoms with Crippen LogP contribution in [-0.2, 0) is 26.9 Å². The van der Waals surface area contributed by atoms with Gasteiger partial charge in [0.15, 0.2) is 0 Å². The van der Waals surface area contributed by atoms with Crippen LogP contribution in [0.5, 0.6) is 0 Å². The Morgan fingerprint density at radius 1 is 1.19 bits per heavy atom. The van der Waals surface area contributed by atoms with E-state index in [0.717, 1.165) is 17.1 Å². The summed E-state index contributed by atoms with van der Waals surface area (Å²) in [4.78, 5) is 18.9. The fourth-order valence-corrected chi connectivity index (χ4v) is 4.92. The number of hydrogen-bond donors (Lipinski definition) is 0. The molecule has 27 heavy (non-hydrogen) atoms. The molecule has 2 aromatic rings. The van der Waals surface area contributed by atoms with Gasteiger partial charge in [0.2, 0.25) is 15.9 Å². The van der Waals surface area contributed by atoms with E-state index in [1.54, 1.807) is 17.3 Å². The van der Waals surface area contributed by atoms with Crippen LogP contribution in [-0.4, -0.2) is 52.7 Å². The fraction of sp³-hybridized carbons (Fsp3) is 0.500. The molecule has 8 nitrogen and oxygen atoms in total. The predicted molar refractivity (Wildman–Crippen MR) is 101 cm³/mol. The number of pyridine rings is 1. The summed E-state index contributed by atoms with van der Waals surface area (Å²) < 4.78 is 27.2. The number of aromatic nitrogens is 3. The zero-order valence-electron chi connectivity index (χ0n) is 15.5. The van der Waals surface area contributed by atoms with Crippen molar-refractivity contribution in [3.63, 3.8) is 0 Å². The van der Waals surface area contributed by atoms with Crippen molar-refractivity contribution in [2.75, 3.05) is 24.2 Å². The monoisotopic (exact) mass is 389 g/mol. The summed E-state index contributed by atoms with van der Waals surface area (Å²) in [6.07, 6.45) is 6.18. The van der Waals surface area contributed by atoms with E-state index < -0.39 is 15.6 Å². The van der Waals surface area contributed by atoms with Crippen LogP contribution in [0.2, 0.25) is 0 Å². The quantitative estimate of drug-likeness (QED) is 0.789. The van der Waals surface area contributed by atoms with Crippen LogP contribution >= 0.6 is 0 Å². The summed E-state index contributed by atoms with van der Waals surface area (Å²) in [6.45, 7) is 3.21. The summed E-state index contributed by atoms with van der Waals surface area (Å²) in [5, 5.41) is 4.68. The fourth-order valence-electron chi connectivity index (χ4n) is 4.07. The predicted octanol–water partition coefficient (Wildman–Crippen LogP) is 1.27. The van der Waals surface area contributed by atoms with Gasteiger partial charge in [-0.25, -0.2) is 17.4 Å². The molecule has 0 aliphatic carbocycles. The zero-order chi connectivity index (χ0) is 19.2. The second-order valence-corrected chi connectivity index (χ2v) is 9.44. The Bertz CT molecular complexity index is 962. The molecular formula is C18H23N5O3S. The van der Waals surface area contributed by atoms with Crippen LogP contribution in [0.3, 0.4) is 0 Å². The van der Waals surface area contributed by atoms with Crippen LogP contribution in [0.25, 0.3) is 0 Å². The Hall–Kier alpha value is -2.26. The van der Waals surface area contributed by atoms with Gasteiger partial charge in [0.05, 0.1) is 30.5 Å². The SMILES string of the molecule is Cc1cc2n(n1)C1(CCN(S(C)(=O)=O)CC1)CC(=O)N2Cc1ccncc1. The Morgan fingerprint density at radius 2 is 1.85 bits per heavy atom. The third kappa shape index (κ3) is 3.25. The molecule has 0 bridgehead atoms. The largest absolute Gasteiger partial charge is 0.292 e. The van der Waals surface area contributed by atoms with Crippen molar-refractivity contribution < 1.29 is 13.2 Å². The minimum absolute atomic E-state index is 0.0482. The van der Waals surface area contributed by atoms with Gasteiger partial charge in [-0.3, -0.25) is 14.7 Å². The van der Waals surface area contributed by atoms with Crippen molar-refractivity contribution in [1.82, 2.24) is 19.1 Å². The average Bonchev–Trinajstić information content (AvgIpc) is 3.02. The summed E-state index contributed by atoms with van der Waals surface area (Å²) in [7, 11) is -3.22. The number of nitrogens with zero attached hydrogens (tertiary/aromatic N) is 5. The van der Waals surface area contributed by atoms with Gasteiger partial charge in [0.25, 0.3) is 0 Å². The maximum absolute atomic E-state index is 13.1. The first-order chi connectivity index (χ1) is 12.8. The maximum Gasteiger partial charge on any atom is 0.230 e. The van der Waals surface area contributed by atoms with E-state index in [9.17, 15) is 13.2 Å². The van der Waals surface area contributed by atoms with Crippen LogP contribution < -0.4 is 4.90 Å². The van der Waals surface area contributed by atoms with Gasteiger partial charge >= 0.3 is 0 Å². The van der Waals surface area contributed by atoms with Gasteiger partial charge in [-0.15, -0.1) is 0 Å². The van der Waals surface area contributed by atoms with E-state index in [2.05, 4.69) is 10.1 Å². The second-order valence-electron chi connectivity index (χ2n) is 7.45. The van der Waals surface area contributed by atoms with E-state index in [1.165, 1.54) is 10.6 Å². The molecule has 4 rings (SSSR count). The molecule has 0 saturated carbocycles. The van der Waals surface area contributed by atoms with Crippen molar-refractivity contribution in [2.24, 2.45) is 0 Å². The number of anilines is 1. The van der Waals surface area contributed by atoms with Gasteiger partial charge in [-0.2, -0.15) is 5.10 Å². The molecular weight excluding hydrogens is 366 g/mol. The van der Waals surface area contributed by atoms with Gasteiger partial charge in [0.1, 0.15) is 5.82 Å². The molecule has 1 amide bonds. The number of amides is 1. The highest BCUT2D eigenvalue weighted by Crippen LogP contribution is 2.42. The molecule has 144 valence electrons. The molecule has 1 spiro atoms. The number of carbonyl (C=O) groups excluding carboxylic acids is 1. The summed E-state index contributed by atoms with van der Waals surface area (Å²) in [6, 6.07) is 5.73. The van der Waals surface area contributed by atoms with E-state index in [-0.39, 0.29) is 5.91 Å². The van der Waals surface area contributed by atoms with Crippen molar-refractivity contribution in [3.05, 3.63) is 41.9 Å². The number of aryl methyl sites for hydroxylation is 1. The standard InChI is InChI=1S/C18H23N5O3S/c1-14-11-16-22(13-15-3-7-19-8-4-15)17(24)12-18(23(16)20-14)5-9-21(10-6-18)27(2,25)26/h3-4,7-8,11H,5-6,9-10,12-13H2,1-2H3. The third-order valence-corrected chi connectivity index (χ3v) is 6.84. The number of fused-ring (bicyclic) bond motifs is 2. The molecule has 9 heteroatoms. The normalized spacial score (nSPS) is 20.1. The lowest BCUT2D eigenvalue weighted by atomic mass is 9.83. The maximum atomic E-state index is 13.1. The minimum Gasteiger partial charge on any atom is -0.292 e.